The van der Waals surface area contributed by atoms with Crippen LogP contribution < -0.4 is 10.6 Å². The first-order valence-corrected chi connectivity index (χ1v) is 8.03. The summed E-state index contributed by atoms with van der Waals surface area (Å²) in [5.74, 6) is -1.02. The van der Waals surface area contributed by atoms with Crippen LogP contribution >= 0.6 is 11.3 Å². The minimum absolute atomic E-state index is 0.0191. The van der Waals surface area contributed by atoms with Crippen molar-refractivity contribution in [2.24, 2.45) is 5.41 Å². The van der Waals surface area contributed by atoms with Crippen LogP contribution in [0.1, 0.15) is 50.1 Å². The Morgan fingerprint density at radius 1 is 1.43 bits per heavy atom. The number of carbonyl (C=O) groups is 2. The first-order chi connectivity index (χ1) is 9.79. The zero-order valence-electron chi connectivity index (χ0n) is 12.6. The Bertz CT molecular complexity index is 533. The molecule has 5 nitrogen and oxygen atoms in total. The molecular weight excluding hydrogens is 288 g/mol. The van der Waals surface area contributed by atoms with Crippen LogP contribution in [-0.2, 0) is 11.2 Å². The zero-order valence-corrected chi connectivity index (χ0v) is 13.4. The summed E-state index contributed by atoms with van der Waals surface area (Å²) < 4.78 is 0. The molecule has 0 saturated heterocycles. The highest BCUT2D eigenvalue weighted by Crippen LogP contribution is 2.33. The average molecular weight is 310 g/mol. The lowest BCUT2D eigenvalue weighted by molar-refractivity contribution is -0.141. The summed E-state index contributed by atoms with van der Waals surface area (Å²) in [6.45, 7) is 5.39. The maximum Gasteiger partial charge on any atom is 0.326 e. The Morgan fingerprint density at radius 3 is 2.76 bits per heavy atom. The molecule has 3 N–H and O–H groups in total. The topological polar surface area (TPSA) is 78.4 Å². The van der Waals surface area contributed by atoms with Crippen molar-refractivity contribution in [2.45, 2.75) is 52.1 Å². The Labute approximate surface area is 128 Å². The van der Waals surface area contributed by atoms with E-state index in [9.17, 15) is 14.7 Å². The SMILES string of the molecule is CC(C)(C)[C@@H](NC(=O)NC1CCCc2sccc21)C(=O)O. The third kappa shape index (κ3) is 3.75. The van der Waals surface area contributed by atoms with Gasteiger partial charge in [-0.1, -0.05) is 20.8 Å². The highest BCUT2D eigenvalue weighted by Gasteiger charge is 2.33. The van der Waals surface area contributed by atoms with Gasteiger partial charge in [-0.25, -0.2) is 9.59 Å². The van der Waals surface area contributed by atoms with Gasteiger partial charge in [-0.15, -0.1) is 11.3 Å². The van der Waals surface area contributed by atoms with E-state index in [0.29, 0.717) is 0 Å². The lowest BCUT2D eigenvalue weighted by Crippen LogP contribution is -2.52. The van der Waals surface area contributed by atoms with Gasteiger partial charge in [0.25, 0.3) is 0 Å². The van der Waals surface area contributed by atoms with Gasteiger partial charge in [0.05, 0.1) is 6.04 Å². The summed E-state index contributed by atoms with van der Waals surface area (Å²) in [6, 6.07) is 0.696. The number of hydrogen-bond acceptors (Lipinski definition) is 3. The summed E-state index contributed by atoms with van der Waals surface area (Å²) in [5.41, 5.74) is 0.632. The van der Waals surface area contributed by atoms with Gasteiger partial charge in [-0.2, -0.15) is 0 Å². The van der Waals surface area contributed by atoms with Crippen LogP contribution in [0.5, 0.6) is 0 Å². The highest BCUT2D eigenvalue weighted by molar-refractivity contribution is 7.10. The number of aliphatic carboxylic acids is 1. The van der Waals surface area contributed by atoms with E-state index in [1.807, 2.05) is 11.4 Å². The summed E-state index contributed by atoms with van der Waals surface area (Å²) in [7, 11) is 0. The molecule has 0 aliphatic heterocycles. The van der Waals surface area contributed by atoms with Crippen LogP contribution in [0, 0.1) is 5.41 Å². The van der Waals surface area contributed by atoms with Crippen molar-refractivity contribution < 1.29 is 14.7 Å². The molecule has 1 unspecified atom stereocenters. The molecule has 0 fully saturated rings. The second-order valence-electron chi connectivity index (χ2n) is 6.50. The minimum Gasteiger partial charge on any atom is -0.480 e. The summed E-state index contributed by atoms with van der Waals surface area (Å²) >= 11 is 1.71. The number of nitrogens with one attached hydrogen (secondary N) is 2. The van der Waals surface area contributed by atoms with E-state index in [-0.39, 0.29) is 6.04 Å². The van der Waals surface area contributed by atoms with Gasteiger partial charge in [-0.3, -0.25) is 0 Å². The number of carbonyl (C=O) groups excluding carboxylic acids is 1. The van der Waals surface area contributed by atoms with Crippen molar-refractivity contribution in [1.82, 2.24) is 10.6 Å². The van der Waals surface area contributed by atoms with Crippen LogP contribution in [-0.4, -0.2) is 23.1 Å². The standard InChI is InChI=1S/C15H22N2O3S/c1-15(2,3)12(13(18)19)17-14(20)16-10-5-4-6-11-9(10)7-8-21-11/h7-8,10,12H,4-6H2,1-3H3,(H,18,19)(H2,16,17,20)/t10?,12-/m0/s1. The monoisotopic (exact) mass is 310 g/mol. The van der Waals surface area contributed by atoms with E-state index in [1.54, 1.807) is 32.1 Å². The molecule has 1 heterocycles. The van der Waals surface area contributed by atoms with Gasteiger partial charge < -0.3 is 15.7 Å². The Morgan fingerprint density at radius 2 is 2.14 bits per heavy atom. The summed E-state index contributed by atoms with van der Waals surface area (Å²) in [6.07, 6.45) is 3.00. The third-order valence-corrected chi connectivity index (χ3v) is 4.74. The number of hydrogen-bond donors (Lipinski definition) is 3. The predicted molar refractivity (Wildman–Crippen MR) is 82.5 cm³/mol. The smallest absolute Gasteiger partial charge is 0.326 e. The number of fused-ring (bicyclic) bond motifs is 1. The van der Waals surface area contributed by atoms with Gasteiger partial charge in [0, 0.05) is 4.88 Å². The molecule has 21 heavy (non-hydrogen) atoms. The van der Waals surface area contributed by atoms with E-state index in [2.05, 4.69) is 10.6 Å². The van der Waals surface area contributed by atoms with Crippen LogP contribution in [0.3, 0.4) is 0 Å². The molecule has 0 radical (unpaired) electrons. The number of carboxylic acids is 1. The quantitative estimate of drug-likeness (QED) is 0.803. The number of urea groups is 1. The largest absolute Gasteiger partial charge is 0.480 e. The second kappa shape index (κ2) is 6.05. The number of rotatable bonds is 3. The molecule has 2 amide bonds. The lowest BCUT2D eigenvalue weighted by Gasteiger charge is -2.29. The average Bonchev–Trinajstić information content (AvgIpc) is 2.83. The Hall–Kier alpha value is -1.56. The number of amides is 2. The van der Waals surface area contributed by atoms with Crippen molar-refractivity contribution in [3.05, 3.63) is 21.9 Å². The van der Waals surface area contributed by atoms with Gasteiger partial charge >= 0.3 is 12.0 Å². The van der Waals surface area contributed by atoms with Crippen LogP contribution in [0.15, 0.2) is 11.4 Å². The van der Waals surface area contributed by atoms with Crippen molar-refractivity contribution in [3.8, 4) is 0 Å². The van der Waals surface area contributed by atoms with Crippen molar-refractivity contribution in [2.75, 3.05) is 0 Å². The lowest BCUT2D eigenvalue weighted by atomic mass is 9.87. The van der Waals surface area contributed by atoms with Gasteiger partial charge in [0.15, 0.2) is 0 Å². The fourth-order valence-electron chi connectivity index (χ4n) is 2.62. The van der Waals surface area contributed by atoms with Crippen molar-refractivity contribution in [1.29, 1.82) is 0 Å². The van der Waals surface area contributed by atoms with Crippen molar-refractivity contribution >= 4 is 23.3 Å². The molecule has 1 aliphatic rings. The molecule has 1 aromatic rings. The van der Waals surface area contributed by atoms with E-state index in [1.165, 1.54) is 10.4 Å². The van der Waals surface area contributed by atoms with Gasteiger partial charge in [-0.05, 0) is 41.7 Å². The fourth-order valence-corrected chi connectivity index (χ4v) is 3.60. The molecule has 1 aliphatic carbocycles. The Balaban J connectivity index is 2.01. The number of thiophene rings is 1. The first-order valence-electron chi connectivity index (χ1n) is 7.15. The maximum atomic E-state index is 12.1. The van der Waals surface area contributed by atoms with Crippen molar-refractivity contribution in [3.63, 3.8) is 0 Å². The normalized spacial score (nSPS) is 19.5. The first kappa shape index (κ1) is 15.8. The van der Waals surface area contributed by atoms with Gasteiger partial charge in [0.2, 0.25) is 0 Å². The molecule has 116 valence electrons. The van der Waals surface area contributed by atoms with E-state index in [0.717, 1.165) is 19.3 Å². The fraction of sp³-hybridized carbons (Fsp3) is 0.600. The van der Waals surface area contributed by atoms with E-state index >= 15 is 0 Å². The third-order valence-electron chi connectivity index (χ3n) is 3.75. The van der Waals surface area contributed by atoms with Crippen LogP contribution in [0.4, 0.5) is 4.79 Å². The number of carboxylic acid groups (broad SMARTS) is 1. The van der Waals surface area contributed by atoms with Gasteiger partial charge in [0.1, 0.15) is 6.04 Å². The highest BCUT2D eigenvalue weighted by atomic mass is 32.1. The van der Waals surface area contributed by atoms with Crippen LogP contribution in [0.25, 0.3) is 0 Å². The second-order valence-corrected chi connectivity index (χ2v) is 7.50. The molecule has 1 aromatic heterocycles. The van der Waals surface area contributed by atoms with E-state index < -0.39 is 23.5 Å². The Kier molecular flexibility index (Phi) is 4.56. The predicted octanol–water partition coefficient (Wildman–Crippen LogP) is 2.92. The molecule has 0 bridgehead atoms. The molecule has 0 saturated carbocycles. The number of aryl methyl sites for hydroxylation is 1. The summed E-state index contributed by atoms with van der Waals surface area (Å²) in [4.78, 5) is 24.7. The molecule has 6 heteroatoms. The molecule has 0 spiro atoms. The maximum absolute atomic E-state index is 12.1. The van der Waals surface area contributed by atoms with E-state index in [4.69, 9.17) is 0 Å². The van der Waals surface area contributed by atoms with Crippen LogP contribution in [0.2, 0.25) is 0 Å². The summed E-state index contributed by atoms with van der Waals surface area (Å²) in [5, 5.41) is 16.8. The molecule has 0 aromatic carbocycles. The molecular formula is C15H22N2O3S. The zero-order chi connectivity index (χ0) is 15.6. The molecule has 2 rings (SSSR count). The molecule has 2 atom stereocenters. The minimum atomic E-state index is -1.02.